The molecule has 0 aliphatic carbocycles. The maximum absolute atomic E-state index is 12.1. The third-order valence-corrected chi connectivity index (χ3v) is 5.19. The summed E-state index contributed by atoms with van der Waals surface area (Å²) in [5.41, 5.74) is -0.690. The van der Waals surface area contributed by atoms with Gasteiger partial charge in [-0.15, -0.1) is 0 Å². The molecule has 1 unspecified atom stereocenters. The number of carbonyl (C=O) groups excluding carboxylic acids is 1. The lowest BCUT2D eigenvalue weighted by Crippen LogP contribution is -2.51. The van der Waals surface area contributed by atoms with Crippen LogP contribution < -0.4 is 0 Å². The highest BCUT2D eigenvalue weighted by molar-refractivity contribution is 9.09. The van der Waals surface area contributed by atoms with Crippen LogP contribution in [0.2, 0.25) is 0 Å². The number of piperidine rings is 1. The molecule has 0 bridgehead atoms. The average molecular weight is 394 g/mol. The van der Waals surface area contributed by atoms with Crippen molar-refractivity contribution in [2.45, 2.75) is 64.8 Å². The van der Waals surface area contributed by atoms with Gasteiger partial charge < -0.3 is 19.1 Å². The quantitative estimate of drug-likeness (QED) is 0.643. The lowest BCUT2D eigenvalue weighted by molar-refractivity contribution is -0.109. The third-order valence-electron chi connectivity index (χ3n) is 4.17. The Morgan fingerprint density at radius 2 is 1.83 bits per heavy atom. The summed E-state index contributed by atoms with van der Waals surface area (Å²) in [6, 6.07) is 0. The Bertz CT molecular complexity index is 373. The van der Waals surface area contributed by atoms with Crippen LogP contribution in [0.5, 0.6) is 0 Å². The first-order chi connectivity index (χ1) is 10.6. The molecule has 23 heavy (non-hydrogen) atoms. The van der Waals surface area contributed by atoms with E-state index in [1.165, 1.54) is 0 Å². The Morgan fingerprint density at radius 1 is 1.26 bits per heavy atom. The van der Waals surface area contributed by atoms with E-state index in [2.05, 4.69) is 29.8 Å². The van der Waals surface area contributed by atoms with Crippen LogP contribution in [0.4, 0.5) is 4.79 Å². The summed E-state index contributed by atoms with van der Waals surface area (Å²) in [5, 5.41) is 0.761. The van der Waals surface area contributed by atoms with E-state index in [4.69, 9.17) is 14.2 Å². The molecule has 0 aromatic heterocycles. The van der Waals surface area contributed by atoms with Crippen molar-refractivity contribution in [2.24, 2.45) is 5.92 Å². The first-order valence-electron chi connectivity index (χ1n) is 8.33. The maximum Gasteiger partial charge on any atom is 0.410 e. The SMILES string of the molecule is COC(COC1(CBr)CCN(C(=O)OC(C)(C)C)CC1)C(C)C. The maximum atomic E-state index is 12.1. The third kappa shape index (κ3) is 6.59. The van der Waals surface area contributed by atoms with E-state index in [1.807, 2.05) is 20.8 Å². The van der Waals surface area contributed by atoms with Gasteiger partial charge in [0.2, 0.25) is 0 Å². The molecule has 0 spiro atoms. The number of rotatable bonds is 6. The Kier molecular flexibility index (Phi) is 7.81. The fraction of sp³-hybridized carbons (Fsp3) is 0.941. The molecule has 0 N–H and O–H groups in total. The fourth-order valence-corrected chi connectivity index (χ4v) is 3.25. The van der Waals surface area contributed by atoms with Crippen LogP contribution in [-0.4, -0.2) is 60.4 Å². The van der Waals surface area contributed by atoms with Crippen molar-refractivity contribution in [3.63, 3.8) is 0 Å². The van der Waals surface area contributed by atoms with Crippen LogP contribution >= 0.6 is 15.9 Å². The van der Waals surface area contributed by atoms with Crippen molar-refractivity contribution < 1.29 is 19.0 Å². The monoisotopic (exact) mass is 393 g/mol. The smallest absolute Gasteiger partial charge is 0.410 e. The van der Waals surface area contributed by atoms with Crippen LogP contribution in [-0.2, 0) is 14.2 Å². The van der Waals surface area contributed by atoms with Crippen molar-refractivity contribution in [3.8, 4) is 0 Å². The van der Waals surface area contributed by atoms with Gasteiger partial charge in [0, 0.05) is 25.5 Å². The highest BCUT2D eigenvalue weighted by Crippen LogP contribution is 2.30. The Labute approximate surface area is 149 Å². The molecule has 0 radical (unpaired) electrons. The summed E-state index contributed by atoms with van der Waals surface area (Å²) >= 11 is 3.58. The van der Waals surface area contributed by atoms with E-state index < -0.39 is 5.60 Å². The van der Waals surface area contributed by atoms with E-state index in [1.54, 1.807) is 12.0 Å². The van der Waals surface area contributed by atoms with Crippen molar-refractivity contribution >= 4 is 22.0 Å². The summed E-state index contributed by atoms with van der Waals surface area (Å²) in [7, 11) is 1.72. The molecule has 0 aromatic carbocycles. The number of carbonyl (C=O) groups is 1. The zero-order valence-electron chi connectivity index (χ0n) is 15.4. The van der Waals surface area contributed by atoms with E-state index in [-0.39, 0.29) is 17.8 Å². The molecular weight excluding hydrogens is 362 g/mol. The Hall–Kier alpha value is -0.330. The largest absolute Gasteiger partial charge is 0.444 e. The van der Waals surface area contributed by atoms with Gasteiger partial charge in [0.15, 0.2) is 0 Å². The fourth-order valence-electron chi connectivity index (χ4n) is 2.53. The van der Waals surface area contributed by atoms with Crippen LogP contribution in [0.3, 0.4) is 0 Å². The first-order valence-corrected chi connectivity index (χ1v) is 9.45. The van der Waals surface area contributed by atoms with Crippen LogP contribution in [0.1, 0.15) is 47.5 Å². The number of alkyl halides is 1. The van der Waals surface area contributed by atoms with Crippen molar-refractivity contribution in [1.82, 2.24) is 4.90 Å². The van der Waals surface area contributed by atoms with Crippen LogP contribution in [0.15, 0.2) is 0 Å². The van der Waals surface area contributed by atoms with Gasteiger partial charge in [-0.1, -0.05) is 29.8 Å². The summed E-state index contributed by atoms with van der Waals surface area (Å²) in [5.74, 6) is 0.411. The standard InChI is InChI=1S/C17H32BrNO4/c1-13(2)14(21-6)11-22-17(12-18)7-9-19(10-8-17)15(20)23-16(3,4)5/h13-14H,7-12H2,1-6H3. The van der Waals surface area contributed by atoms with E-state index in [0.29, 0.717) is 25.6 Å². The average Bonchev–Trinajstić information content (AvgIpc) is 2.46. The lowest BCUT2D eigenvalue weighted by Gasteiger charge is -2.41. The Balaban J connectivity index is 2.54. The minimum Gasteiger partial charge on any atom is -0.444 e. The first kappa shape index (κ1) is 20.7. The van der Waals surface area contributed by atoms with Gasteiger partial charge in [-0.05, 0) is 39.5 Å². The molecule has 1 saturated heterocycles. The van der Waals surface area contributed by atoms with E-state index >= 15 is 0 Å². The summed E-state index contributed by atoms with van der Waals surface area (Å²) in [4.78, 5) is 13.9. The minimum absolute atomic E-state index is 0.0924. The number of halogens is 1. The van der Waals surface area contributed by atoms with Crippen LogP contribution in [0, 0.1) is 5.92 Å². The second-order valence-electron chi connectivity index (χ2n) is 7.61. The number of ether oxygens (including phenoxy) is 3. The topological polar surface area (TPSA) is 48.0 Å². The van der Waals surface area contributed by atoms with Crippen molar-refractivity contribution in [2.75, 3.05) is 32.1 Å². The molecule has 1 rings (SSSR count). The summed E-state index contributed by atoms with van der Waals surface area (Å²) in [6.45, 7) is 11.8. The normalized spacial score (nSPS) is 19.7. The molecule has 1 aliphatic heterocycles. The Morgan fingerprint density at radius 3 is 2.22 bits per heavy atom. The molecule has 1 aliphatic rings. The summed E-state index contributed by atoms with van der Waals surface area (Å²) in [6.07, 6.45) is 1.45. The zero-order chi connectivity index (χ0) is 17.7. The molecule has 6 heteroatoms. The summed E-state index contributed by atoms with van der Waals surface area (Å²) < 4.78 is 17.1. The van der Waals surface area contributed by atoms with E-state index in [0.717, 1.165) is 18.2 Å². The lowest BCUT2D eigenvalue weighted by atomic mass is 9.93. The number of likely N-dealkylation sites (tertiary alicyclic amines) is 1. The number of hydrogen-bond donors (Lipinski definition) is 0. The molecule has 1 fully saturated rings. The van der Waals surface area contributed by atoms with Gasteiger partial charge in [-0.25, -0.2) is 4.79 Å². The predicted molar refractivity (Wildman–Crippen MR) is 95.2 cm³/mol. The van der Waals surface area contributed by atoms with Gasteiger partial charge in [0.1, 0.15) is 5.60 Å². The highest BCUT2D eigenvalue weighted by atomic mass is 79.9. The molecule has 136 valence electrons. The second-order valence-corrected chi connectivity index (χ2v) is 8.17. The highest BCUT2D eigenvalue weighted by Gasteiger charge is 2.38. The number of hydrogen-bond acceptors (Lipinski definition) is 4. The van der Waals surface area contributed by atoms with Crippen molar-refractivity contribution in [1.29, 1.82) is 0 Å². The van der Waals surface area contributed by atoms with E-state index in [9.17, 15) is 4.79 Å². The molecule has 1 heterocycles. The molecular formula is C17H32BrNO4. The molecule has 0 saturated carbocycles. The number of methoxy groups -OCH3 is 1. The second kappa shape index (κ2) is 8.67. The number of nitrogens with zero attached hydrogens (tertiary/aromatic N) is 1. The zero-order valence-corrected chi connectivity index (χ0v) is 16.9. The van der Waals surface area contributed by atoms with Gasteiger partial charge in [0.25, 0.3) is 0 Å². The van der Waals surface area contributed by atoms with Gasteiger partial charge in [-0.3, -0.25) is 0 Å². The van der Waals surface area contributed by atoms with Gasteiger partial charge in [-0.2, -0.15) is 0 Å². The molecule has 0 aromatic rings. The predicted octanol–water partition coefficient (Wildman–Crippen LogP) is 3.84. The number of amides is 1. The minimum atomic E-state index is -0.458. The van der Waals surface area contributed by atoms with Gasteiger partial charge in [0.05, 0.1) is 18.3 Å². The molecule has 1 atom stereocenters. The van der Waals surface area contributed by atoms with Gasteiger partial charge >= 0.3 is 6.09 Å². The van der Waals surface area contributed by atoms with Crippen LogP contribution in [0.25, 0.3) is 0 Å². The molecule has 1 amide bonds. The van der Waals surface area contributed by atoms with Crippen molar-refractivity contribution in [3.05, 3.63) is 0 Å². The molecule has 5 nitrogen and oxygen atoms in total.